The summed E-state index contributed by atoms with van der Waals surface area (Å²) in [5, 5.41) is 7.76. The van der Waals surface area contributed by atoms with E-state index in [0.29, 0.717) is 5.92 Å². The average Bonchev–Trinajstić information content (AvgIpc) is 2.98. The zero-order chi connectivity index (χ0) is 14.1. The Morgan fingerprint density at radius 2 is 2.00 bits per heavy atom. The summed E-state index contributed by atoms with van der Waals surface area (Å²) in [4.78, 5) is 4.79. The predicted octanol–water partition coefficient (Wildman–Crippen LogP) is 3.01. The summed E-state index contributed by atoms with van der Waals surface area (Å²) >= 11 is 0. The molecule has 1 unspecified atom stereocenters. The number of aromatic nitrogens is 2. The third kappa shape index (κ3) is 2.18. The van der Waals surface area contributed by atoms with Crippen molar-refractivity contribution < 1.29 is 4.52 Å². The zero-order valence-corrected chi connectivity index (χ0v) is 12.2. The van der Waals surface area contributed by atoms with Crippen LogP contribution in [0.15, 0.2) is 34.9 Å². The van der Waals surface area contributed by atoms with Crippen molar-refractivity contribution in [2.45, 2.75) is 43.4 Å². The van der Waals surface area contributed by atoms with Gasteiger partial charge in [-0.15, -0.1) is 0 Å². The fourth-order valence-electron chi connectivity index (χ4n) is 3.59. The number of piperidine rings is 1. The Kier molecular flexibility index (Phi) is 3.26. The van der Waals surface area contributed by atoms with E-state index in [9.17, 15) is 0 Å². The smallest absolute Gasteiger partial charge is 0.231 e. The standard InChI is InChI=1S/C17H21N3O/c1-2-7-14(8-3-1)17(9-5-10-17)16-19-15(21-20-16)13-6-4-11-18-12-13/h1-3,7-8,13,18H,4-6,9-12H2. The molecule has 1 saturated carbocycles. The number of nitrogens with one attached hydrogen (secondary N) is 1. The molecule has 1 aromatic carbocycles. The molecular formula is C17H21N3O. The van der Waals surface area contributed by atoms with Crippen LogP contribution in [0.3, 0.4) is 0 Å². The van der Waals surface area contributed by atoms with E-state index in [-0.39, 0.29) is 5.41 Å². The summed E-state index contributed by atoms with van der Waals surface area (Å²) in [6, 6.07) is 10.6. The summed E-state index contributed by atoms with van der Waals surface area (Å²) in [5.74, 6) is 2.09. The lowest BCUT2D eigenvalue weighted by molar-refractivity contribution is 0.267. The zero-order valence-electron chi connectivity index (χ0n) is 12.2. The molecule has 2 aliphatic rings. The van der Waals surface area contributed by atoms with Crippen molar-refractivity contribution in [1.29, 1.82) is 0 Å². The molecule has 0 amide bonds. The normalized spacial score (nSPS) is 24.5. The molecule has 0 radical (unpaired) electrons. The van der Waals surface area contributed by atoms with Gasteiger partial charge in [0, 0.05) is 6.54 Å². The maximum atomic E-state index is 5.61. The highest BCUT2D eigenvalue weighted by molar-refractivity contribution is 5.35. The molecule has 2 heterocycles. The second-order valence-electron chi connectivity index (χ2n) is 6.30. The third-order valence-electron chi connectivity index (χ3n) is 5.05. The summed E-state index contributed by atoms with van der Waals surface area (Å²) in [5.41, 5.74) is 1.32. The molecule has 110 valence electrons. The van der Waals surface area contributed by atoms with Gasteiger partial charge in [0.25, 0.3) is 0 Å². The fourth-order valence-corrected chi connectivity index (χ4v) is 3.59. The molecule has 0 spiro atoms. The predicted molar refractivity (Wildman–Crippen MR) is 80.2 cm³/mol. The van der Waals surface area contributed by atoms with Gasteiger partial charge in [-0.1, -0.05) is 41.9 Å². The first-order chi connectivity index (χ1) is 10.4. The highest BCUT2D eigenvalue weighted by atomic mass is 16.5. The Labute approximate surface area is 124 Å². The van der Waals surface area contributed by atoms with Crippen molar-refractivity contribution in [2.24, 2.45) is 0 Å². The Balaban J connectivity index is 1.64. The first kappa shape index (κ1) is 13.0. The molecular weight excluding hydrogens is 262 g/mol. The van der Waals surface area contributed by atoms with E-state index in [1.807, 2.05) is 0 Å². The number of hydrogen-bond acceptors (Lipinski definition) is 4. The van der Waals surface area contributed by atoms with E-state index in [1.165, 1.54) is 18.4 Å². The minimum absolute atomic E-state index is 0.00882. The fraction of sp³-hybridized carbons (Fsp3) is 0.529. The van der Waals surface area contributed by atoms with Gasteiger partial charge in [-0.2, -0.15) is 4.98 Å². The van der Waals surface area contributed by atoms with Gasteiger partial charge in [-0.25, -0.2) is 0 Å². The molecule has 4 heteroatoms. The number of rotatable bonds is 3. The summed E-state index contributed by atoms with van der Waals surface area (Å²) in [6.45, 7) is 2.06. The highest BCUT2D eigenvalue weighted by Gasteiger charge is 2.44. The van der Waals surface area contributed by atoms with Crippen LogP contribution in [-0.2, 0) is 5.41 Å². The second-order valence-corrected chi connectivity index (χ2v) is 6.30. The lowest BCUT2D eigenvalue weighted by atomic mass is 9.64. The van der Waals surface area contributed by atoms with Crippen LogP contribution in [0.4, 0.5) is 0 Å². The molecule has 1 aliphatic heterocycles. The van der Waals surface area contributed by atoms with Crippen LogP contribution in [0.2, 0.25) is 0 Å². The van der Waals surface area contributed by atoms with Gasteiger partial charge in [-0.3, -0.25) is 0 Å². The summed E-state index contributed by atoms with van der Waals surface area (Å²) < 4.78 is 5.61. The maximum Gasteiger partial charge on any atom is 0.231 e. The first-order valence-corrected chi connectivity index (χ1v) is 7.99. The van der Waals surface area contributed by atoms with Gasteiger partial charge < -0.3 is 9.84 Å². The summed E-state index contributed by atoms with van der Waals surface area (Å²) in [7, 11) is 0. The monoisotopic (exact) mass is 283 g/mol. The topological polar surface area (TPSA) is 51.0 Å². The molecule has 2 fully saturated rings. The van der Waals surface area contributed by atoms with Crippen molar-refractivity contribution >= 4 is 0 Å². The van der Waals surface area contributed by atoms with E-state index in [4.69, 9.17) is 9.51 Å². The van der Waals surface area contributed by atoms with Crippen LogP contribution in [0.1, 0.15) is 55.3 Å². The van der Waals surface area contributed by atoms with Crippen molar-refractivity contribution in [2.75, 3.05) is 13.1 Å². The number of benzene rings is 1. The van der Waals surface area contributed by atoms with Gasteiger partial charge in [-0.05, 0) is 37.8 Å². The number of hydrogen-bond donors (Lipinski definition) is 1. The average molecular weight is 283 g/mol. The van der Waals surface area contributed by atoms with Gasteiger partial charge in [0.15, 0.2) is 5.82 Å². The SMILES string of the molecule is c1ccc(C2(c3noc(C4CCCNC4)n3)CCC2)cc1. The molecule has 4 rings (SSSR count). The van der Waals surface area contributed by atoms with E-state index < -0.39 is 0 Å². The molecule has 1 aromatic heterocycles. The van der Waals surface area contributed by atoms with Crippen LogP contribution in [0, 0.1) is 0 Å². The van der Waals surface area contributed by atoms with Gasteiger partial charge in [0.05, 0.1) is 11.3 Å². The Hall–Kier alpha value is -1.68. The minimum atomic E-state index is -0.00882. The van der Waals surface area contributed by atoms with Crippen LogP contribution >= 0.6 is 0 Å². The minimum Gasteiger partial charge on any atom is -0.339 e. The highest BCUT2D eigenvalue weighted by Crippen LogP contribution is 2.47. The molecule has 0 bridgehead atoms. The molecule has 1 saturated heterocycles. The Morgan fingerprint density at radius 1 is 1.14 bits per heavy atom. The molecule has 1 aliphatic carbocycles. The van der Waals surface area contributed by atoms with Crippen LogP contribution in [-0.4, -0.2) is 23.2 Å². The van der Waals surface area contributed by atoms with Crippen LogP contribution in [0.5, 0.6) is 0 Å². The third-order valence-corrected chi connectivity index (χ3v) is 5.05. The lowest BCUT2D eigenvalue weighted by Crippen LogP contribution is -2.36. The second kappa shape index (κ2) is 5.26. The molecule has 21 heavy (non-hydrogen) atoms. The van der Waals surface area contributed by atoms with Crippen LogP contribution < -0.4 is 5.32 Å². The van der Waals surface area contributed by atoms with Crippen molar-refractivity contribution in [3.63, 3.8) is 0 Å². The van der Waals surface area contributed by atoms with Crippen LogP contribution in [0.25, 0.3) is 0 Å². The molecule has 1 atom stereocenters. The molecule has 4 nitrogen and oxygen atoms in total. The van der Waals surface area contributed by atoms with E-state index in [1.54, 1.807) is 0 Å². The Bertz CT molecular complexity index is 598. The molecule has 1 N–H and O–H groups in total. The first-order valence-electron chi connectivity index (χ1n) is 7.99. The summed E-state index contributed by atoms with van der Waals surface area (Å²) in [6.07, 6.45) is 5.82. The van der Waals surface area contributed by atoms with Crippen molar-refractivity contribution in [3.05, 3.63) is 47.6 Å². The number of nitrogens with zero attached hydrogens (tertiary/aromatic N) is 2. The van der Waals surface area contributed by atoms with Crippen molar-refractivity contribution in [1.82, 2.24) is 15.5 Å². The van der Waals surface area contributed by atoms with Gasteiger partial charge in [0.1, 0.15) is 0 Å². The van der Waals surface area contributed by atoms with E-state index in [2.05, 4.69) is 40.8 Å². The van der Waals surface area contributed by atoms with Crippen molar-refractivity contribution in [3.8, 4) is 0 Å². The van der Waals surface area contributed by atoms with E-state index in [0.717, 1.165) is 44.1 Å². The lowest BCUT2D eigenvalue weighted by Gasteiger charge is -2.39. The maximum absolute atomic E-state index is 5.61. The Morgan fingerprint density at radius 3 is 2.67 bits per heavy atom. The van der Waals surface area contributed by atoms with E-state index >= 15 is 0 Å². The largest absolute Gasteiger partial charge is 0.339 e. The quantitative estimate of drug-likeness (QED) is 0.940. The van der Waals surface area contributed by atoms with Gasteiger partial charge >= 0.3 is 0 Å². The molecule has 2 aromatic rings. The van der Waals surface area contributed by atoms with Gasteiger partial charge in [0.2, 0.25) is 5.89 Å².